The zero-order valence-electron chi connectivity index (χ0n) is 52.5. The zero-order valence-corrected chi connectivity index (χ0v) is 52.5. The fraction of sp³-hybridized carbons (Fsp3) is 0.484. The van der Waals surface area contributed by atoms with Crippen LogP contribution in [0.4, 0.5) is 4.79 Å². The first-order valence-electron chi connectivity index (χ1n) is 30.5. The Morgan fingerprint density at radius 1 is 0.582 bits per heavy atom. The topological polar surface area (TPSA) is 406 Å². The van der Waals surface area contributed by atoms with Crippen molar-refractivity contribution in [3.63, 3.8) is 0 Å². The molecule has 1 aliphatic heterocycles. The summed E-state index contributed by atoms with van der Waals surface area (Å²) in [7, 11) is 0. The van der Waals surface area contributed by atoms with Crippen LogP contribution >= 0.6 is 0 Å². The molecule has 492 valence electrons. The summed E-state index contributed by atoms with van der Waals surface area (Å²) < 4.78 is 5.49. The number of phenols is 2. The normalized spacial score (nSPS) is 15.8. The molecule has 15 N–H and O–H groups in total. The van der Waals surface area contributed by atoms with E-state index in [4.69, 9.17) is 10.5 Å². The summed E-state index contributed by atoms with van der Waals surface area (Å²) in [4.78, 5) is 142. The van der Waals surface area contributed by atoms with E-state index in [-0.39, 0.29) is 81.4 Å². The van der Waals surface area contributed by atoms with Crippen LogP contribution in [0.1, 0.15) is 102 Å². The molecule has 0 radical (unpaired) electrons. The Morgan fingerprint density at radius 3 is 1.49 bits per heavy atom. The van der Waals surface area contributed by atoms with Crippen molar-refractivity contribution in [2.75, 3.05) is 19.7 Å². The van der Waals surface area contributed by atoms with E-state index in [1.54, 1.807) is 63.2 Å². The van der Waals surface area contributed by atoms with E-state index in [1.165, 1.54) is 66.3 Å². The predicted molar refractivity (Wildman–Crippen MR) is 335 cm³/mol. The Kier molecular flexibility index (Phi) is 26.4. The van der Waals surface area contributed by atoms with Crippen molar-refractivity contribution in [2.24, 2.45) is 17.6 Å². The van der Waals surface area contributed by atoms with Crippen LogP contribution < -0.4 is 48.3 Å². The standard InChI is InChI=1S/C64H88N14O13/c1-37(2)24-44(33-68-47(25-38(3)4)56(83)72-48(27-40-15-19-45(80)20-16-40)58(85)73-49(28-41-17-21-46(81)22-18-41)60(87)76-53(34-79)55(65)82)71-57(84)51(29-42-31-66-35-69-42)74-59(86)50(26-39-12-9-8-10-13-39)75-61(88)54-14-11-23-78(54)62(89)52(30-43-32-67-36-70-43)77-63(90)91-64(5,6)7/h8-10,12-13,15-22,31-32,35-38,44,47-54,68,79-81H,11,14,23-30,33-34H2,1-7H3,(H2,65,82)(H,66,69)(H,67,70)(H,71,84)(H,72,83)(H,73,85)(H,74,86)(H,75,88)(H,76,87)(H,77,90)/t44-,47+,48-,49-,50-,51-,52-,53-,54-/m0/s1. The van der Waals surface area contributed by atoms with Crippen molar-refractivity contribution in [1.29, 1.82) is 0 Å². The summed E-state index contributed by atoms with van der Waals surface area (Å²) in [5.74, 6) is -5.98. The van der Waals surface area contributed by atoms with Gasteiger partial charge in [-0.3, -0.25) is 38.4 Å². The minimum Gasteiger partial charge on any atom is -0.508 e. The number of ether oxygens (including phenoxy) is 1. The fourth-order valence-electron chi connectivity index (χ4n) is 10.5. The van der Waals surface area contributed by atoms with Crippen molar-refractivity contribution in [3.05, 3.63) is 132 Å². The van der Waals surface area contributed by atoms with Crippen molar-refractivity contribution in [2.45, 2.75) is 166 Å². The number of carbonyl (C=O) groups excluding carboxylic acids is 9. The van der Waals surface area contributed by atoms with Gasteiger partial charge in [0.05, 0.1) is 25.3 Å². The third-order valence-electron chi connectivity index (χ3n) is 14.9. The molecule has 3 heterocycles. The van der Waals surface area contributed by atoms with Crippen molar-refractivity contribution in [3.8, 4) is 11.5 Å². The van der Waals surface area contributed by atoms with Crippen molar-refractivity contribution in [1.82, 2.24) is 67.4 Å². The largest absolute Gasteiger partial charge is 0.508 e. The molecule has 0 aliphatic carbocycles. The summed E-state index contributed by atoms with van der Waals surface area (Å²) in [5, 5.41) is 52.6. The number of nitrogens with one attached hydrogen (secondary N) is 10. The summed E-state index contributed by atoms with van der Waals surface area (Å²) in [6.07, 6.45) is 6.09. The average Bonchev–Trinajstić information content (AvgIpc) is 2.09. The number of aromatic nitrogens is 4. The van der Waals surface area contributed by atoms with Gasteiger partial charge >= 0.3 is 6.09 Å². The van der Waals surface area contributed by atoms with E-state index < -0.39 is 120 Å². The SMILES string of the molecule is CC(C)C[C@@H](CN[C@H](CC(C)C)C(=O)N[C@@H](Cc1ccc(O)cc1)C(=O)N[C@@H](Cc1ccc(O)cc1)C(=O)N[C@@H](CO)C(N)=O)NC(=O)[C@H](Cc1cnc[nH]1)NC(=O)[C@H](Cc1ccccc1)NC(=O)[C@@H]1CCCN1C(=O)[C@H](Cc1cnc[nH]1)NC(=O)OC(C)(C)C. The molecule has 5 aromatic rings. The molecule has 9 amide bonds. The minimum atomic E-state index is -1.49. The number of rotatable bonds is 33. The molecule has 1 aliphatic rings. The number of aromatic amines is 2. The van der Waals surface area contributed by atoms with E-state index in [0.29, 0.717) is 40.9 Å². The monoisotopic (exact) mass is 1260 g/mol. The van der Waals surface area contributed by atoms with Crippen LogP contribution in [0.2, 0.25) is 0 Å². The molecular formula is C64H88N14O13. The molecule has 2 aromatic heterocycles. The molecular weight excluding hydrogens is 1170 g/mol. The molecule has 0 saturated carbocycles. The molecule has 0 unspecified atom stereocenters. The van der Waals surface area contributed by atoms with Gasteiger partial charge < -0.3 is 83.2 Å². The van der Waals surface area contributed by atoms with Crippen LogP contribution in [-0.2, 0) is 75.2 Å². The molecule has 9 atom stereocenters. The lowest BCUT2D eigenvalue weighted by atomic mass is 9.98. The van der Waals surface area contributed by atoms with Crippen LogP contribution in [0.15, 0.2) is 104 Å². The minimum absolute atomic E-state index is 0.00545. The quantitative estimate of drug-likeness (QED) is 0.0282. The highest BCUT2D eigenvalue weighted by Crippen LogP contribution is 2.22. The highest BCUT2D eigenvalue weighted by atomic mass is 16.6. The Morgan fingerprint density at radius 2 is 1.03 bits per heavy atom. The second-order valence-corrected chi connectivity index (χ2v) is 24.7. The number of aliphatic hydroxyl groups is 1. The van der Waals surface area contributed by atoms with Crippen LogP contribution in [0, 0.1) is 11.8 Å². The Balaban J connectivity index is 1.21. The molecule has 27 heteroatoms. The van der Waals surface area contributed by atoms with Crippen LogP contribution in [0.3, 0.4) is 0 Å². The third kappa shape index (κ3) is 23.2. The molecule has 6 rings (SSSR count). The van der Waals surface area contributed by atoms with Gasteiger partial charge in [0.15, 0.2) is 0 Å². The number of H-pyrrole nitrogens is 2. The second kappa shape index (κ2) is 34.0. The summed E-state index contributed by atoms with van der Waals surface area (Å²) >= 11 is 0. The summed E-state index contributed by atoms with van der Waals surface area (Å²) in [6.45, 7) is 12.2. The number of phenolic OH excluding ortho intramolecular Hbond substituents is 2. The zero-order chi connectivity index (χ0) is 66.4. The van der Waals surface area contributed by atoms with Crippen LogP contribution in [0.25, 0.3) is 0 Å². The van der Waals surface area contributed by atoms with Gasteiger partial charge in [-0.1, -0.05) is 82.3 Å². The number of hydrogen-bond acceptors (Lipinski definition) is 16. The predicted octanol–water partition coefficient (Wildman–Crippen LogP) is 1.38. The number of amides is 9. The number of alkyl carbamates (subject to hydrolysis) is 1. The molecule has 3 aromatic carbocycles. The van der Waals surface area contributed by atoms with E-state index in [2.05, 4.69) is 62.5 Å². The fourth-order valence-corrected chi connectivity index (χ4v) is 10.5. The summed E-state index contributed by atoms with van der Waals surface area (Å²) in [6, 6.07) is 10.2. The van der Waals surface area contributed by atoms with Crippen molar-refractivity contribution < 1.29 is 63.2 Å². The molecule has 0 spiro atoms. The van der Waals surface area contributed by atoms with E-state index in [0.717, 1.165) is 0 Å². The van der Waals surface area contributed by atoms with Gasteiger partial charge in [-0.2, -0.15) is 0 Å². The number of likely N-dealkylation sites (tertiary alicyclic amines) is 1. The van der Waals surface area contributed by atoms with Gasteiger partial charge in [0.25, 0.3) is 0 Å². The average molecular weight is 1260 g/mol. The number of nitrogens with zero attached hydrogens (tertiary/aromatic N) is 3. The van der Waals surface area contributed by atoms with Gasteiger partial charge in [-0.05, 0) is 99.2 Å². The lowest BCUT2D eigenvalue weighted by Gasteiger charge is -2.31. The maximum absolute atomic E-state index is 14.8. The van der Waals surface area contributed by atoms with Crippen molar-refractivity contribution >= 4 is 53.4 Å². The highest BCUT2D eigenvalue weighted by Gasteiger charge is 2.41. The molecule has 1 saturated heterocycles. The van der Waals surface area contributed by atoms with E-state index in [9.17, 15) is 58.5 Å². The maximum atomic E-state index is 14.8. The lowest BCUT2D eigenvalue weighted by Crippen LogP contribution is -2.60. The number of imidazole rings is 2. The van der Waals surface area contributed by atoms with Gasteiger partial charge in [-0.25, -0.2) is 14.8 Å². The Bertz CT molecular complexity index is 3180. The van der Waals surface area contributed by atoms with Crippen LogP contribution in [-0.4, -0.2) is 173 Å². The number of primary amides is 1. The number of aromatic hydroxyl groups is 2. The first kappa shape index (κ1) is 70.7. The van der Waals surface area contributed by atoms with E-state index in [1.807, 2.05) is 27.7 Å². The second-order valence-electron chi connectivity index (χ2n) is 24.7. The lowest BCUT2D eigenvalue weighted by molar-refractivity contribution is -0.141. The van der Waals surface area contributed by atoms with Crippen LogP contribution in [0.5, 0.6) is 11.5 Å². The number of nitrogens with two attached hydrogens (primary N) is 1. The maximum Gasteiger partial charge on any atom is 0.408 e. The highest BCUT2D eigenvalue weighted by molar-refractivity contribution is 5.97. The number of benzene rings is 3. The molecule has 91 heavy (non-hydrogen) atoms. The van der Waals surface area contributed by atoms with E-state index >= 15 is 0 Å². The smallest absolute Gasteiger partial charge is 0.408 e. The number of aliphatic hydroxyl groups excluding tert-OH is 1. The van der Waals surface area contributed by atoms with Gasteiger partial charge in [0.2, 0.25) is 47.3 Å². The Hall–Kier alpha value is -9.37. The number of hydrogen-bond donors (Lipinski definition) is 14. The number of carbonyl (C=O) groups is 9. The Labute approximate surface area is 529 Å². The third-order valence-corrected chi connectivity index (χ3v) is 14.9. The molecule has 0 bridgehead atoms. The molecule has 1 fully saturated rings. The summed E-state index contributed by atoms with van der Waals surface area (Å²) in [5.41, 5.74) is 7.30. The van der Waals surface area contributed by atoms with Gasteiger partial charge in [-0.15, -0.1) is 0 Å². The van der Waals surface area contributed by atoms with Gasteiger partial charge in [0.1, 0.15) is 59.4 Å². The first-order chi connectivity index (χ1) is 43.2. The van der Waals surface area contributed by atoms with Gasteiger partial charge in [0, 0.05) is 75.0 Å². The molecule has 27 nitrogen and oxygen atoms in total. The first-order valence-corrected chi connectivity index (χ1v) is 30.5.